The highest BCUT2D eigenvalue weighted by Gasteiger charge is 1.84. The zero-order valence-corrected chi connectivity index (χ0v) is 5.40. The van der Waals surface area contributed by atoms with E-state index in [0.717, 1.165) is 10.5 Å². The zero-order chi connectivity index (χ0) is 5.98. The summed E-state index contributed by atoms with van der Waals surface area (Å²) in [5, 5.41) is 0. The zero-order valence-electron chi connectivity index (χ0n) is 4.59. The van der Waals surface area contributed by atoms with Crippen molar-refractivity contribution >= 4 is 12.6 Å². The second-order valence-corrected chi connectivity index (χ2v) is 2.17. The SMILES string of the molecule is Cc1cncc([S])c1. The largest absolute Gasteiger partial charge is 0.263 e. The number of hydrogen-bond donors (Lipinski definition) is 0. The lowest BCUT2D eigenvalue weighted by Crippen LogP contribution is -1.73. The molecule has 1 rings (SSSR count). The van der Waals surface area contributed by atoms with Crippen molar-refractivity contribution in [3.05, 3.63) is 24.0 Å². The van der Waals surface area contributed by atoms with Gasteiger partial charge in [0.05, 0.1) is 4.90 Å². The molecule has 0 N–H and O–H groups in total. The topological polar surface area (TPSA) is 12.9 Å². The van der Waals surface area contributed by atoms with E-state index in [1.165, 1.54) is 0 Å². The first-order chi connectivity index (χ1) is 3.79. The van der Waals surface area contributed by atoms with Crippen LogP contribution in [-0.2, 0) is 0 Å². The second-order valence-electron chi connectivity index (χ2n) is 1.70. The molecule has 0 bridgehead atoms. The van der Waals surface area contributed by atoms with Gasteiger partial charge in [0.1, 0.15) is 0 Å². The van der Waals surface area contributed by atoms with E-state index in [0.29, 0.717) is 0 Å². The van der Waals surface area contributed by atoms with Gasteiger partial charge in [-0.15, -0.1) is 0 Å². The van der Waals surface area contributed by atoms with Crippen LogP contribution in [-0.4, -0.2) is 4.98 Å². The van der Waals surface area contributed by atoms with Crippen molar-refractivity contribution in [2.75, 3.05) is 0 Å². The number of hydrogen-bond acceptors (Lipinski definition) is 1. The van der Waals surface area contributed by atoms with Crippen LogP contribution in [0, 0.1) is 6.92 Å². The lowest BCUT2D eigenvalue weighted by Gasteiger charge is -1.88. The van der Waals surface area contributed by atoms with Crippen molar-refractivity contribution < 1.29 is 0 Å². The third-order valence-corrected chi connectivity index (χ3v) is 1.07. The fraction of sp³-hybridized carbons (Fsp3) is 0.167. The van der Waals surface area contributed by atoms with Crippen LogP contribution in [0.4, 0.5) is 0 Å². The predicted octanol–water partition coefficient (Wildman–Crippen LogP) is 1.95. The van der Waals surface area contributed by atoms with E-state index in [-0.39, 0.29) is 0 Å². The van der Waals surface area contributed by atoms with Gasteiger partial charge in [-0.3, -0.25) is 4.98 Å². The van der Waals surface area contributed by atoms with Gasteiger partial charge in [-0.25, -0.2) is 0 Å². The van der Waals surface area contributed by atoms with Crippen LogP contribution in [0.5, 0.6) is 0 Å². The number of aryl methyl sites for hydroxylation is 1. The maximum atomic E-state index is 4.84. The molecule has 0 fully saturated rings. The van der Waals surface area contributed by atoms with Crippen LogP contribution in [0.15, 0.2) is 23.4 Å². The Labute approximate surface area is 54.2 Å². The summed E-state index contributed by atoms with van der Waals surface area (Å²) in [5.74, 6) is 0. The number of nitrogens with zero attached hydrogens (tertiary/aromatic N) is 1. The van der Waals surface area contributed by atoms with Crippen LogP contribution in [0.2, 0.25) is 0 Å². The predicted molar refractivity (Wildman–Crippen MR) is 34.8 cm³/mol. The quantitative estimate of drug-likeness (QED) is 0.515. The Balaban J connectivity index is 3.08. The van der Waals surface area contributed by atoms with E-state index in [4.69, 9.17) is 12.6 Å². The van der Waals surface area contributed by atoms with Gasteiger partial charge in [0, 0.05) is 12.4 Å². The molecule has 1 aromatic heterocycles. The van der Waals surface area contributed by atoms with Gasteiger partial charge in [0.15, 0.2) is 0 Å². The first-order valence-corrected chi connectivity index (χ1v) is 2.78. The Kier molecular flexibility index (Phi) is 1.44. The third-order valence-electron chi connectivity index (χ3n) is 0.850. The molecule has 0 aromatic carbocycles. The molecule has 0 atom stereocenters. The van der Waals surface area contributed by atoms with E-state index >= 15 is 0 Å². The summed E-state index contributed by atoms with van der Waals surface area (Å²) in [7, 11) is 0. The molecule has 41 valence electrons. The third kappa shape index (κ3) is 1.17. The molecule has 0 aliphatic carbocycles. The minimum atomic E-state index is 0.810. The van der Waals surface area contributed by atoms with Crippen LogP contribution in [0.3, 0.4) is 0 Å². The molecule has 0 aliphatic rings. The first-order valence-electron chi connectivity index (χ1n) is 2.38. The Morgan fingerprint density at radius 3 is 2.62 bits per heavy atom. The van der Waals surface area contributed by atoms with Crippen molar-refractivity contribution in [1.82, 2.24) is 4.98 Å². The maximum absolute atomic E-state index is 4.84. The Bertz CT molecular complexity index is 168. The molecule has 0 aliphatic heterocycles. The van der Waals surface area contributed by atoms with Crippen LogP contribution < -0.4 is 0 Å². The summed E-state index contributed by atoms with van der Waals surface area (Å²) in [4.78, 5) is 4.69. The van der Waals surface area contributed by atoms with Crippen molar-refractivity contribution in [3.8, 4) is 0 Å². The fourth-order valence-corrected chi connectivity index (χ4v) is 0.774. The normalized spacial score (nSPS) is 9.12. The number of aromatic nitrogens is 1. The Hall–Kier alpha value is -0.630. The smallest absolute Gasteiger partial charge is 0.0563 e. The van der Waals surface area contributed by atoms with Gasteiger partial charge in [0.2, 0.25) is 0 Å². The lowest BCUT2D eigenvalue weighted by atomic mass is 10.3. The van der Waals surface area contributed by atoms with Gasteiger partial charge in [-0.05, 0) is 18.6 Å². The molecular weight excluding hydrogens is 118 g/mol. The molecule has 1 nitrogen and oxygen atoms in total. The molecule has 0 saturated carbocycles. The second kappa shape index (κ2) is 2.09. The molecule has 2 heteroatoms. The van der Waals surface area contributed by atoms with Crippen LogP contribution in [0.1, 0.15) is 5.56 Å². The molecule has 0 saturated heterocycles. The first kappa shape index (κ1) is 5.51. The lowest BCUT2D eigenvalue weighted by molar-refractivity contribution is 1.19. The molecule has 0 amide bonds. The van der Waals surface area contributed by atoms with E-state index in [9.17, 15) is 0 Å². The number of pyridine rings is 1. The fourth-order valence-electron chi connectivity index (χ4n) is 0.527. The average Bonchev–Trinajstić information content (AvgIpc) is 1.64. The minimum absolute atomic E-state index is 0.810. The van der Waals surface area contributed by atoms with Crippen molar-refractivity contribution in [2.45, 2.75) is 11.8 Å². The molecule has 0 spiro atoms. The molecule has 0 unspecified atom stereocenters. The highest BCUT2D eigenvalue weighted by molar-refractivity contribution is 7.80. The van der Waals surface area contributed by atoms with Crippen LogP contribution >= 0.6 is 12.6 Å². The summed E-state index contributed by atoms with van der Waals surface area (Å²) in [6.07, 6.45) is 3.46. The summed E-state index contributed by atoms with van der Waals surface area (Å²) >= 11 is 4.84. The summed E-state index contributed by atoms with van der Waals surface area (Å²) < 4.78 is 0. The van der Waals surface area contributed by atoms with E-state index < -0.39 is 0 Å². The minimum Gasteiger partial charge on any atom is -0.263 e. The summed E-state index contributed by atoms with van der Waals surface area (Å²) in [5.41, 5.74) is 1.12. The van der Waals surface area contributed by atoms with E-state index in [2.05, 4.69) is 4.98 Å². The van der Waals surface area contributed by atoms with E-state index in [1.54, 1.807) is 12.4 Å². The summed E-state index contributed by atoms with van der Waals surface area (Å²) in [6, 6.07) is 1.92. The molecule has 8 heavy (non-hydrogen) atoms. The van der Waals surface area contributed by atoms with Gasteiger partial charge in [0.25, 0.3) is 0 Å². The van der Waals surface area contributed by atoms with E-state index in [1.807, 2.05) is 13.0 Å². The number of rotatable bonds is 0. The molecule has 1 radical (unpaired) electrons. The highest BCUT2D eigenvalue weighted by Crippen LogP contribution is 2.03. The van der Waals surface area contributed by atoms with Crippen molar-refractivity contribution in [1.29, 1.82) is 0 Å². The van der Waals surface area contributed by atoms with Gasteiger partial charge in [-0.2, -0.15) is 0 Å². The van der Waals surface area contributed by atoms with Crippen molar-refractivity contribution in [2.24, 2.45) is 0 Å². The Morgan fingerprint density at radius 1 is 1.50 bits per heavy atom. The van der Waals surface area contributed by atoms with Gasteiger partial charge >= 0.3 is 0 Å². The highest BCUT2D eigenvalue weighted by atomic mass is 32.1. The van der Waals surface area contributed by atoms with Crippen LogP contribution in [0.25, 0.3) is 0 Å². The Morgan fingerprint density at radius 2 is 2.25 bits per heavy atom. The van der Waals surface area contributed by atoms with Gasteiger partial charge in [-0.1, -0.05) is 12.6 Å². The molecule has 1 aromatic rings. The summed E-state index contributed by atoms with van der Waals surface area (Å²) in [6.45, 7) is 1.98. The average molecular weight is 124 g/mol. The molecule has 1 heterocycles. The van der Waals surface area contributed by atoms with Crippen molar-refractivity contribution in [3.63, 3.8) is 0 Å². The molecular formula is C6H6NS. The standard InChI is InChI=1S/C6H6NS/c1-5-2-6(8)4-7-3-5/h2-4H,1H3. The monoisotopic (exact) mass is 124 g/mol. The van der Waals surface area contributed by atoms with Gasteiger partial charge < -0.3 is 0 Å². The maximum Gasteiger partial charge on any atom is 0.0563 e.